The van der Waals surface area contributed by atoms with Crippen LogP contribution in [0.4, 0.5) is 9.18 Å². The Labute approximate surface area is 158 Å². The standard InChI is InChI=1S/C18H13Cl2FN2O3/c1-18(12-7-6-10(19)8-13(12)20)16(25)23(17(26)22-18)9-15(24)11-4-2-3-5-14(11)21/h2-8H,9H2,1H3,(H,22,26)/t18-/m0/s1. The Morgan fingerprint density at radius 1 is 1.19 bits per heavy atom. The minimum absolute atomic E-state index is 0.189. The zero-order chi connectivity index (χ0) is 19.1. The van der Waals surface area contributed by atoms with Crippen LogP contribution < -0.4 is 5.32 Å². The number of urea groups is 1. The van der Waals surface area contributed by atoms with Gasteiger partial charge >= 0.3 is 6.03 Å². The van der Waals surface area contributed by atoms with Crippen LogP contribution in [0.1, 0.15) is 22.8 Å². The number of rotatable bonds is 4. The molecule has 3 amide bonds. The largest absolute Gasteiger partial charge is 0.325 e. The fourth-order valence-electron chi connectivity index (χ4n) is 2.83. The third kappa shape index (κ3) is 3.06. The summed E-state index contributed by atoms with van der Waals surface area (Å²) < 4.78 is 13.8. The van der Waals surface area contributed by atoms with Crippen LogP contribution in [0.25, 0.3) is 0 Å². The van der Waals surface area contributed by atoms with E-state index in [-0.39, 0.29) is 10.6 Å². The van der Waals surface area contributed by atoms with Crippen LogP contribution >= 0.6 is 23.2 Å². The van der Waals surface area contributed by atoms with E-state index in [0.29, 0.717) is 10.6 Å². The molecule has 1 aliphatic heterocycles. The molecule has 0 bridgehead atoms. The topological polar surface area (TPSA) is 66.5 Å². The third-order valence-electron chi connectivity index (χ3n) is 4.22. The number of carbonyl (C=O) groups excluding carboxylic acids is 3. The van der Waals surface area contributed by atoms with E-state index >= 15 is 0 Å². The molecule has 134 valence electrons. The van der Waals surface area contributed by atoms with Crippen LogP contribution in [-0.2, 0) is 10.3 Å². The number of nitrogens with zero attached hydrogens (tertiary/aromatic N) is 1. The van der Waals surface area contributed by atoms with Crippen LogP contribution in [0.3, 0.4) is 0 Å². The molecule has 1 fully saturated rings. The number of hydrogen-bond acceptors (Lipinski definition) is 3. The average molecular weight is 395 g/mol. The summed E-state index contributed by atoms with van der Waals surface area (Å²) >= 11 is 12.0. The van der Waals surface area contributed by atoms with Gasteiger partial charge in [0.25, 0.3) is 5.91 Å². The lowest BCUT2D eigenvalue weighted by Gasteiger charge is -2.23. The second kappa shape index (κ2) is 6.70. The molecule has 0 radical (unpaired) electrons. The highest BCUT2D eigenvalue weighted by Gasteiger charge is 2.50. The van der Waals surface area contributed by atoms with E-state index < -0.39 is 35.6 Å². The maximum Gasteiger partial charge on any atom is 0.325 e. The smallest absolute Gasteiger partial charge is 0.319 e. The van der Waals surface area contributed by atoms with Crippen molar-refractivity contribution >= 4 is 40.9 Å². The van der Waals surface area contributed by atoms with Crippen LogP contribution in [0, 0.1) is 5.82 Å². The van der Waals surface area contributed by atoms with Crippen molar-refractivity contribution in [2.24, 2.45) is 0 Å². The first-order chi connectivity index (χ1) is 12.2. The predicted octanol–water partition coefficient (Wildman–Crippen LogP) is 3.78. The normalized spacial score (nSPS) is 19.6. The lowest BCUT2D eigenvalue weighted by atomic mass is 9.92. The molecule has 26 heavy (non-hydrogen) atoms. The second-order valence-corrected chi connectivity index (χ2v) is 6.82. The molecule has 1 heterocycles. The van der Waals surface area contributed by atoms with E-state index in [1.807, 2.05) is 0 Å². The monoisotopic (exact) mass is 394 g/mol. The van der Waals surface area contributed by atoms with Gasteiger partial charge in [-0.3, -0.25) is 14.5 Å². The molecule has 0 aromatic heterocycles. The Hall–Kier alpha value is -2.44. The van der Waals surface area contributed by atoms with E-state index in [4.69, 9.17) is 23.2 Å². The highest BCUT2D eigenvalue weighted by atomic mass is 35.5. The molecule has 0 unspecified atom stereocenters. The second-order valence-electron chi connectivity index (χ2n) is 5.97. The Bertz CT molecular complexity index is 934. The van der Waals surface area contributed by atoms with E-state index in [0.717, 1.165) is 11.0 Å². The third-order valence-corrected chi connectivity index (χ3v) is 4.77. The zero-order valence-electron chi connectivity index (χ0n) is 13.6. The molecular weight excluding hydrogens is 382 g/mol. The molecule has 1 aliphatic rings. The number of ketones is 1. The van der Waals surface area contributed by atoms with Gasteiger partial charge in [-0.15, -0.1) is 0 Å². The van der Waals surface area contributed by atoms with Crippen LogP contribution in [0.2, 0.25) is 10.0 Å². The molecule has 5 nitrogen and oxygen atoms in total. The van der Waals surface area contributed by atoms with Crippen LogP contribution in [0.5, 0.6) is 0 Å². The molecule has 2 aromatic carbocycles. The van der Waals surface area contributed by atoms with Crippen molar-refractivity contribution in [2.75, 3.05) is 6.54 Å². The molecule has 1 saturated heterocycles. The van der Waals surface area contributed by atoms with Crippen molar-refractivity contribution in [3.05, 3.63) is 69.5 Å². The molecule has 1 N–H and O–H groups in total. The van der Waals surface area contributed by atoms with Gasteiger partial charge in [-0.05, 0) is 31.2 Å². The van der Waals surface area contributed by atoms with Crippen molar-refractivity contribution < 1.29 is 18.8 Å². The van der Waals surface area contributed by atoms with Gasteiger partial charge in [0.05, 0.1) is 12.1 Å². The quantitative estimate of drug-likeness (QED) is 0.633. The summed E-state index contributed by atoms with van der Waals surface area (Å²) in [7, 11) is 0. The van der Waals surface area contributed by atoms with Gasteiger partial charge in [0.15, 0.2) is 5.78 Å². The summed E-state index contributed by atoms with van der Waals surface area (Å²) in [4.78, 5) is 38.2. The molecule has 0 aliphatic carbocycles. The van der Waals surface area contributed by atoms with Crippen molar-refractivity contribution in [3.8, 4) is 0 Å². The number of Topliss-reactive ketones (excluding diaryl/α,β-unsaturated/α-hetero) is 1. The van der Waals surface area contributed by atoms with Gasteiger partial charge in [0.1, 0.15) is 11.4 Å². The number of imide groups is 1. The maximum atomic E-state index is 13.8. The highest BCUT2D eigenvalue weighted by Crippen LogP contribution is 2.35. The number of nitrogens with one attached hydrogen (secondary N) is 1. The van der Waals surface area contributed by atoms with Gasteiger partial charge in [-0.25, -0.2) is 9.18 Å². The minimum atomic E-state index is -1.45. The van der Waals surface area contributed by atoms with E-state index in [1.54, 1.807) is 6.07 Å². The van der Waals surface area contributed by atoms with Gasteiger partial charge in [-0.2, -0.15) is 0 Å². The molecule has 3 rings (SSSR count). The highest BCUT2D eigenvalue weighted by molar-refractivity contribution is 6.35. The molecular formula is C18H13Cl2FN2O3. The molecule has 8 heteroatoms. The number of amides is 3. The van der Waals surface area contributed by atoms with Gasteiger partial charge in [0, 0.05) is 15.6 Å². The lowest BCUT2D eigenvalue weighted by molar-refractivity contribution is -0.130. The lowest BCUT2D eigenvalue weighted by Crippen LogP contribution is -2.41. The maximum absolute atomic E-state index is 13.8. The summed E-state index contributed by atoms with van der Waals surface area (Å²) in [6.07, 6.45) is 0. The summed E-state index contributed by atoms with van der Waals surface area (Å²) in [6, 6.07) is 9.15. The van der Waals surface area contributed by atoms with E-state index in [2.05, 4.69) is 5.32 Å². The fourth-order valence-corrected chi connectivity index (χ4v) is 3.43. The Morgan fingerprint density at radius 3 is 2.54 bits per heavy atom. The minimum Gasteiger partial charge on any atom is -0.319 e. The van der Waals surface area contributed by atoms with Crippen molar-refractivity contribution in [2.45, 2.75) is 12.5 Å². The molecule has 2 aromatic rings. The summed E-state index contributed by atoms with van der Waals surface area (Å²) in [6.45, 7) is 0.905. The number of hydrogen-bond donors (Lipinski definition) is 1. The first-order valence-electron chi connectivity index (χ1n) is 7.61. The van der Waals surface area contributed by atoms with Crippen molar-refractivity contribution in [1.82, 2.24) is 10.2 Å². The predicted molar refractivity (Wildman–Crippen MR) is 94.8 cm³/mol. The van der Waals surface area contributed by atoms with Gasteiger partial charge in [-0.1, -0.05) is 41.4 Å². The molecule has 0 saturated carbocycles. The number of benzene rings is 2. The van der Waals surface area contributed by atoms with Crippen LogP contribution in [0.15, 0.2) is 42.5 Å². The Morgan fingerprint density at radius 2 is 1.88 bits per heavy atom. The summed E-state index contributed by atoms with van der Waals surface area (Å²) in [5, 5.41) is 3.13. The van der Waals surface area contributed by atoms with E-state index in [1.165, 1.54) is 37.3 Å². The van der Waals surface area contributed by atoms with Crippen LogP contribution in [-0.4, -0.2) is 29.2 Å². The van der Waals surface area contributed by atoms with Gasteiger partial charge in [0.2, 0.25) is 0 Å². The average Bonchev–Trinajstić information content (AvgIpc) is 2.79. The first-order valence-corrected chi connectivity index (χ1v) is 8.37. The Balaban J connectivity index is 1.89. The fraction of sp³-hybridized carbons (Fsp3) is 0.167. The van der Waals surface area contributed by atoms with Crippen molar-refractivity contribution in [3.63, 3.8) is 0 Å². The molecule has 1 atom stereocenters. The van der Waals surface area contributed by atoms with E-state index in [9.17, 15) is 18.8 Å². The van der Waals surface area contributed by atoms with Crippen molar-refractivity contribution in [1.29, 1.82) is 0 Å². The number of carbonyl (C=O) groups is 3. The summed E-state index contributed by atoms with van der Waals surface area (Å²) in [5.41, 5.74) is -1.29. The molecule has 0 spiro atoms. The SMILES string of the molecule is C[C@@]1(c2ccc(Cl)cc2Cl)NC(=O)N(CC(=O)c2ccccc2F)C1=O. The van der Waals surface area contributed by atoms with Gasteiger partial charge < -0.3 is 5.32 Å². The first kappa shape index (κ1) is 18.4. The number of halogens is 3. The summed E-state index contributed by atoms with van der Waals surface area (Å²) in [5.74, 6) is -2.05. The Kier molecular flexibility index (Phi) is 4.73. The zero-order valence-corrected chi connectivity index (χ0v) is 15.1.